The van der Waals surface area contributed by atoms with E-state index in [1.165, 1.54) is 0 Å². The third kappa shape index (κ3) is 4.95. The number of halogens is 1. The molecule has 0 amide bonds. The first-order chi connectivity index (χ1) is 7.99. The van der Waals surface area contributed by atoms with E-state index in [9.17, 15) is 0 Å². The summed E-state index contributed by atoms with van der Waals surface area (Å²) in [5.74, 6) is 1.22. The van der Waals surface area contributed by atoms with Gasteiger partial charge in [-0.3, -0.25) is 0 Å². The molecule has 0 saturated heterocycles. The average Bonchev–Trinajstić information content (AvgIpc) is 2.24. The summed E-state index contributed by atoms with van der Waals surface area (Å²) in [6.45, 7) is 5.24. The van der Waals surface area contributed by atoms with Crippen LogP contribution >= 0.6 is 11.6 Å². The fraction of sp³-hybridized carbons (Fsp3) is 0.417. The molecule has 1 aromatic carbocycles. The van der Waals surface area contributed by atoms with Gasteiger partial charge in [-0.1, -0.05) is 31.5 Å². The Morgan fingerprint density at radius 3 is 2.65 bits per heavy atom. The SMILES string of the molecule is CC(C)COc1ccc(CN=C(N)N)cc1Cl. The number of nitrogens with zero attached hydrogens (tertiary/aromatic N) is 1. The van der Waals surface area contributed by atoms with E-state index < -0.39 is 0 Å². The van der Waals surface area contributed by atoms with E-state index >= 15 is 0 Å². The van der Waals surface area contributed by atoms with Crippen LogP contribution in [0.1, 0.15) is 19.4 Å². The van der Waals surface area contributed by atoms with Crippen LogP contribution in [0.25, 0.3) is 0 Å². The molecule has 0 aliphatic heterocycles. The summed E-state index contributed by atoms with van der Waals surface area (Å²) in [5, 5.41) is 0.578. The zero-order valence-electron chi connectivity index (χ0n) is 10.1. The van der Waals surface area contributed by atoms with Crippen LogP contribution in [0.15, 0.2) is 23.2 Å². The van der Waals surface area contributed by atoms with Gasteiger partial charge in [-0.2, -0.15) is 0 Å². The topological polar surface area (TPSA) is 73.6 Å². The zero-order chi connectivity index (χ0) is 12.8. The first-order valence-corrected chi connectivity index (χ1v) is 5.83. The second-order valence-electron chi connectivity index (χ2n) is 4.21. The molecule has 17 heavy (non-hydrogen) atoms. The molecular formula is C12H18ClN3O. The van der Waals surface area contributed by atoms with Gasteiger partial charge in [-0.15, -0.1) is 0 Å². The molecule has 5 heteroatoms. The number of guanidine groups is 1. The molecule has 0 saturated carbocycles. The first-order valence-electron chi connectivity index (χ1n) is 5.45. The molecule has 0 bridgehead atoms. The summed E-state index contributed by atoms with van der Waals surface area (Å²) < 4.78 is 5.56. The van der Waals surface area contributed by atoms with Crippen molar-refractivity contribution in [3.8, 4) is 5.75 Å². The molecule has 0 aromatic heterocycles. The van der Waals surface area contributed by atoms with Gasteiger partial charge in [0.15, 0.2) is 5.96 Å². The second kappa shape index (κ2) is 6.35. The van der Waals surface area contributed by atoms with Gasteiger partial charge in [0.25, 0.3) is 0 Å². The highest BCUT2D eigenvalue weighted by molar-refractivity contribution is 6.32. The van der Waals surface area contributed by atoms with Gasteiger partial charge >= 0.3 is 0 Å². The predicted octanol–water partition coefficient (Wildman–Crippen LogP) is 2.15. The maximum absolute atomic E-state index is 6.09. The molecule has 0 spiro atoms. The van der Waals surface area contributed by atoms with Crippen molar-refractivity contribution >= 4 is 17.6 Å². The average molecular weight is 256 g/mol. The molecular weight excluding hydrogens is 238 g/mol. The van der Waals surface area contributed by atoms with Crippen molar-refractivity contribution in [2.75, 3.05) is 6.61 Å². The Kier molecular flexibility index (Phi) is 5.10. The van der Waals surface area contributed by atoms with Crippen molar-refractivity contribution in [3.05, 3.63) is 28.8 Å². The van der Waals surface area contributed by atoms with E-state index in [1.54, 1.807) is 0 Å². The van der Waals surface area contributed by atoms with Crippen LogP contribution in [-0.4, -0.2) is 12.6 Å². The van der Waals surface area contributed by atoms with Gasteiger partial charge in [-0.05, 0) is 23.6 Å². The van der Waals surface area contributed by atoms with E-state index in [1.807, 2.05) is 18.2 Å². The summed E-state index contributed by atoms with van der Waals surface area (Å²) in [5.41, 5.74) is 11.5. The quantitative estimate of drug-likeness (QED) is 0.625. The van der Waals surface area contributed by atoms with Crippen molar-refractivity contribution in [3.63, 3.8) is 0 Å². The van der Waals surface area contributed by atoms with E-state index in [2.05, 4.69) is 18.8 Å². The summed E-state index contributed by atoms with van der Waals surface area (Å²) in [7, 11) is 0. The molecule has 4 nitrogen and oxygen atoms in total. The smallest absolute Gasteiger partial charge is 0.186 e. The fourth-order valence-corrected chi connectivity index (χ4v) is 1.46. The number of hydrogen-bond acceptors (Lipinski definition) is 2. The Morgan fingerprint density at radius 1 is 1.41 bits per heavy atom. The molecule has 0 heterocycles. The lowest BCUT2D eigenvalue weighted by atomic mass is 10.2. The monoisotopic (exact) mass is 255 g/mol. The lowest BCUT2D eigenvalue weighted by Crippen LogP contribution is -2.22. The van der Waals surface area contributed by atoms with Gasteiger partial charge in [0, 0.05) is 0 Å². The van der Waals surface area contributed by atoms with E-state index in [0.717, 1.165) is 5.56 Å². The minimum absolute atomic E-state index is 0.0706. The second-order valence-corrected chi connectivity index (χ2v) is 4.62. The minimum Gasteiger partial charge on any atom is -0.492 e. The van der Waals surface area contributed by atoms with E-state index in [4.69, 9.17) is 27.8 Å². The fourth-order valence-electron chi connectivity index (χ4n) is 1.20. The minimum atomic E-state index is 0.0706. The molecule has 0 radical (unpaired) electrons. The van der Waals surface area contributed by atoms with Crippen LogP contribution in [0.2, 0.25) is 5.02 Å². The molecule has 0 aliphatic carbocycles. The van der Waals surface area contributed by atoms with Crippen molar-refractivity contribution in [1.82, 2.24) is 0 Å². The van der Waals surface area contributed by atoms with Crippen LogP contribution in [0.5, 0.6) is 5.75 Å². The van der Waals surface area contributed by atoms with Crippen LogP contribution in [0, 0.1) is 5.92 Å². The summed E-state index contributed by atoms with van der Waals surface area (Å²) >= 11 is 6.09. The number of rotatable bonds is 5. The molecule has 0 aliphatic rings. The summed E-state index contributed by atoms with van der Waals surface area (Å²) in [6, 6.07) is 5.54. The van der Waals surface area contributed by atoms with Gasteiger partial charge in [0.1, 0.15) is 5.75 Å². The number of aliphatic imine (C=N–C) groups is 1. The van der Waals surface area contributed by atoms with Gasteiger partial charge in [0.05, 0.1) is 18.2 Å². The molecule has 1 aromatic rings. The molecule has 0 fully saturated rings. The van der Waals surface area contributed by atoms with Crippen LogP contribution in [0.3, 0.4) is 0 Å². The standard InChI is InChI=1S/C12H18ClN3O/c1-8(2)7-17-11-4-3-9(5-10(11)13)6-16-12(14)15/h3-5,8H,6-7H2,1-2H3,(H4,14,15,16). The normalized spacial score (nSPS) is 10.4. The Hall–Kier alpha value is -1.42. The van der Waals surface area contributed by atoms with Gasteiger partial charge in [-0.25, -0.2) is 4.99 Å². The Balaban J connectivity index is 2.69. The molecule has 94 valence electrons. The van der Waals surface area contributed by atoms with Gasteiger partial charge in [0.2, 0.25) is 0 Å². The van der Waals surface area contributed by atoms with Crippen LogP contribution in [0.4, 0.5) is 0 Å². The van der Waals surface area contributed by atoms with Crippen LogP contribution in [-0.2, 0) is 6.54 Å². The summed E-state index contributed by atoms with van der Waals surface area (Å²) in [6.07, 6.45) is 0. The first kappa shape index (κ1) is 13.6. The molecule has 0 unspecified atom stereocenters. The van der Waals surface area contributed by atoms with Crippen molar-refractivity contribution in [1.29, 1.82) is 0 Å². The molecule has 4 N–H and O–H groups in total. The third-order valence-corrected chi connectivity index (χ3v) is 2.31. The Labute approximate surface area is 107 Å². The van der Waals surface area contributed by atoms with Crippen molar-refractivity contribution < 1.29 is 4.74 Å². The highest BCUT2D eigenvalue weighted by Gasteiger charge is 2.04. The van der Waals surface area contributed by atoms with Crippen molar-refractivity contribution in [2.45, 2.75) is 20.4 Å². The van der Waals surface area contributed by atoms with Gasteiger partial charge < -0.3 is 16.2 Å². The number of ether oxygens (including phenoxy) is 1. The Bertz CT molecular complexity index is 401. The largest absolute Gasteiger partial charge is 0.492 e. The zero-order valence-corrected chi connectivity index (χ0v) is 10.9. The lowest BCUT2D eigenvalue weighted by molar-refractivity contribution is 0.271. The highest BCUT2D eigenvalue weighted by atomic mass is 35.5. The van der Waals surface area contributed by atoms with Crippen molar-refractivity contribution in [2.24, 2.45) is 22.4 Å². The maximum atomic E-state index is 6.09. The third-order valence-electron chi connectivity index (χ3n) is 2.01. The lowest BCUT2D eigenvalue weighted by Gasteiger charge is -2.10. The van der Waals surface area contributed by atoms with E-state index in [0.29, 0.717) is 29.8 Å². The predicted molar refractivity (Wildman–Crippen MR) is 71.3 cm³/mol. The number of hydrogen-bond donors (Lipinski definition) is 2. The highest BCUT2D eigenvalue weighted by Crippen LogP contribution is 2.26. The number of benzene rings is 1. The maximum Gasteiger partial charge on any atom is 0.186 e. The number of nitrogens with two attached hydrogens (primary N) is 2. The Morgan fingerprint density at radius 2 is 2.12 bits per heavy atom. The summed E-state index contributed by atoms with van der Waals surface area (Å²) in [4.78, 5) is 3.91. The molecule has 1 rings (SSSR count). The molecule has 0 atom stereocenters. The van der Waals surface area contributed by atoms with Crippen LogP contribution < -0.4 is 16.2 Å². The van der Waals surface area contributed by atoms with E-state index in [-0.39, 0.29) is 5.96 Å².